The molecule has 0 saturated heterocycles. The van der Waals surface area contributed by atoms with Crippen LogP contribution in [0.2, 0.25) is 0 Å². The number of hydrogen-bond donors (Lipinski definition) is 1. The van der Waals surface area contributed by atoms with Gasteiger partial charge >= 0.3 is 0 Å². The van der Waals surface area contributed by atoms with Crippen molar-refractivity contribution in [2.75, 3.05) is 13.7 Å². The zero-order chi connectivity index (χ0) is 15.2. The van der Waals surface area contributed by atoms with E-state index in [-0.39, 0.29) is 12.0 Å². The zero-order valence-electron chi connectivity index (χ0n) is 12.5. The van der Waals surface area contributed by atoms with Crippen LogP contribution in [-0.2, 0) is 7.05 Å². The molecule has 5 nitrogen and oxygen atoms in total. The highest BCUT2D eigenvalue weighted by Crippen LogP contribution is 2.26. The number of rotatable bonds is 6. The minimum absolute atomic E-state index is 0.113. The molecule has 1 N–H and O–H groups in total. The van der Waals surface area contributed by atoms with Gasteiger partial charge in [-0.25, -0.2) is 0 Å². The molecule has 0 radical (unpaired) electrons. The summed E-state index contributed by atoms with van der Waals surface area (Å²) < 4.78 is 12.8. The summed E-state index contributed by atoms with van der Waals surface area (Å²) in [4.78, 5) is 12.0. The van der Waals surface area contributed by atoms with Crippen LogP contribution in [0.4, 0.5) is 0 Å². The molecule has 1 amide bonds. The maximum atomic E-state index is 12.0. The lowest BCUT2D eigenvalue weighted by atomic mass is 10.3. The van der Waals surface area contributed by atoms with E-state index in [4.69, 9.17) is 9.47 Å². The van der Waals surface area contributed by atoms with Crippen LogP contribution in [0.5, 0.6) is 11.5 Å². The summed E-state index contributed by atoms with van der Waals surface area (Å²) >= 11 is 0. The van der Waals surface area contributed by atoms with E-state index in [1.54, 1.807) is 17.7 Å². The van der Waals surface area contributed by atoms with Crippen LogP contribution < -0.4 is 14.8 Å². The fourth-order valence-electron chi connectivity index (χ4n) is 2.00. The van der Waals surface area contributed by atoms with Gasteiger partial charge in [0.25, 0.3) is 5.91 Å². The van der Waals surface area contributed by atoms with E-state index in [1.165, 1.54) is 0 Å². The summed E-state index contributed by atoms with van der Waals surface area (Å²) in [6, 6.07) is 11.1. The summed E-state index contributed by atoms with van der Waals surface area (Å²) in [5, 5.41) is 2.86. The van der Waals surface area contributed by atoms with Crippen molar-refractivity contribution in [3.63, 3.8) is 0 Å². The molecule has 5 heteroatoms. The molecular formula is C16H20N2O3. The number of benzene rings is 1. The molecule has 0 aliphatic rings. The molecule has 1 heterocycles. The second-order valence-electron chi connectivity index (χ2n) is 4.79. The Bertz CT molecular complexity index is 607. The average molecular weight is 288 g/mol. The summed E-state index contributed by atoms with van der Waals surface area (Å²) in [6.07, 6.45) is 1.68. The van der Waals surface area contributed by atoms with E-state index < -0.39 is 0 Å². The third kappa shape index (κ3) is 3.78. The molecule has 0 spiro atoms. The summed E-state index contributed by atoms with van der Waals surface area (Å²) in [7, 11) is 3.44. The van der Waals surface area contributed by atoms with Gasteiger partial charge in [0.15, 0.2) is 11.5 Å². The van der Waals surface area contributed by atoms with Crippen molar-refractivity contribution in [3.05, 3.63) is 48.3 Å². The van der Waals surface area contributed by atoms with Gasteiger partial charge in [-0.1, -0.05) is 12.1 Å². The molecule has 112 valence electrons. The quantitative estimate of drug-likeness (QED) is 0.887. The van der Waals surface area contributed by atoms with Gasteiger partial charge in [-0.05, 0) is 31.2 Å². The predicted molar refractivity (Wildman–Crippen MR) is 80.8 cm³/mol. The fraction of sp³-hybridized carbons (Fsp3) is 0.312. The Labute approximate surface area is 124 Å². The first-order valence-electron chi connectivity index (χ1n) is 6.81. The van der Waals surface area contributed by atoms with Gasteiger partial charge in [0.05, 0.1) is 13.7 Å². The molecule has 0 aliphatic heterocycles. The van der Waals surface area contributed by atoms with Crippen molar-refractivity contribution >= 4 is 5.91 Å². The maximum absolute atomic E-state index is 12.0. The molecule has 0 unspecified atom stereocenters. The number of aromatic nitrogens is 1. The number of aryl methyl sites for hydroxylation is 1. The van der Waals surface area contributed by atoms with Gasteiger partial charge in [-0.2, -0.15) is 0 Å². The normalized spacial score (nSPS) is 11.8. The van der Waals surface area contributed by atoms with Crippen molar-refractivity contribution in [1.82, 2.24) is 9.88 Å². The number of hydrogen-bond acceptors (Lipinski definition) is 3. The summed E-state index contributed by atoms with van der Waals surface area (Å²) in [5.41, 5.74) is 0.625. The average Bonchev–Trinajstić information content (AvgIpc) is 2.91. The van der Waals surface area contributed by atoms with Crippen molar-refractivity contribution in [1.29, 1.82) is 0 Å². The lowest BCUT2D eigenvalue weighted by Gasteiger charge is -2.17. The topological polar surface area (TPSA) is 52.5 Å². The smallest absolute Gasteiger partial charge is 0.268 e. The van der Waals surface area contributed by atoms with E-state index >= 15 is 0 Å². The third-order valence-corrected chi connectivity index (χ3v) is 3.12. The van der Waals surface area contributed by atoms with Crippen LogP contribution >= 0.6 is 0 Å². The molecule has 1 aromatic heterocycles. The molecule has 1 atom stereocenters. The maximum Gasteiger partial charge on any atom is 0.268 e. The molecule has 2 rings (SSSR count). The first-order chi connectivity index (χ1) is 10.1. The Morgan fingerprint density at radius 1 is 1.24 bits per heavy atom. The molecule has 1 aromatic carbocycles. The number of amides is 1. The number of nitrogens with zero attached hydrogens (tertiary/aromatic N) is 1. The molecule has 0 bridgehead atoms. The Balaban J connectivity index is 1.89. The Morgan fingerprint density at radius 3 is 2.57 bits per heavy atom. The first kappa shape index (κ1) is 15.0. The van der Waals surface area contributed by atoms with Crippen molar-refractivity contribution in [3.8, 4) is 11.5 Å². The standard InChI is InChI=1S/C16H20N2O3/c1-12(21-15-9-5-4-8-14(15)20-3)11-17-16(19)13-7-6-10-18(13)2/h4-10,12H,11H2,1-3H3,(H,17,19)/t12-/m1/s1. The lowest BCUT2D eigenvalue weighted by molar-refractivity contribution is 0.0923. The van der Waals surface area contributed by atoms with E-state index in [2.05, 4.69) is 5.32 Å². The number of methoxy groups -OCH3 is 1. The van der Waals surface area contributed by atoms with Gasteiger partial charge < -0.3 is 19.4 Å². The van der Waals surface area contributed by atoms with Crippen LogP contribution in [-0.4, -0.2) is 30.2 Å². The molecular weight excluding hydrogens is 268 g/mol. The predicted octanol–water partition coefficient (Wildman–Crippen LogP) is 2.23. The lowest BCUT2D eigenvalue weighted by Crippen LogP contribution is -2.34. The number of ether oxygens (including phenoxy) is 2. The molecule has 21 heavy (non-hydrogen) atoms. The van der Waals surface area contributed by atoms with Crippen molar-refractivity contribution < 1.29 is 14.3 Å². The van der Waals surface area contributed by atoms with Gasteiger partial charge in [-0.3, -0.25) is 4.79 Å². The largest absolute Gasteiger partial charge is 0.493 e. The highest BCUT2D eigenvalue weighted by molar-refractivity contribution is 5.92. The van der Waals surface area contributed by atoms with E-state index in [9.17, 15) is 4.79 Å². The Morgan fingerprint density at radius 2 is 1.95 bits per heavy atom. The second-order valence-corrected chi connectivity index (χ2v) is 4.79. The van der Waals surface area contributed by atoms with E-state index in [0.29, 0.717) is 23.7 Å². The van der Waals surface area contributed by atoms with Crippen molar-refractivity contribution in [2.45, 2.75) is 13.0 Å². The van der Waals surface area contributed by atoms with Crippen LogP contribution in [0.3, 0.4) is 0 Å². The molecule has 0 saturated carbocycles. The van der Waals surface area contributed by atoms with Crippen LogP contribution in [0, 0.1) is 0 Å². The van der Waals surface area contributed by atoms with E-state index in [1.807, 2.05) is 50.5 Å². The van der Waals surface area contributed by atoms with Gasteiger partial charge in [0, 0.05) is 13.2 Å². The van der Waals surface area contributed by atoms with E-state index in [0.717, 1.165) is 0 Å². The number of para-hydroxylation sites is 2. The van der Waals surface area contributed by atoms with Crippen LogP contribution in [0.15, 0.2) is 42.6 Å². The van der Waals surface area contributed by atoms with Crippen LogP contribution in [0.1, 0.15) is 17.4 Å². The highest BCUT2D eigenvalue weighted by Gasteiger charge is 2.12. The highest BCUT2D eigenvalue weighted by atomic mass is 16.5. The second kappa shape index (κ2) is 6.83. The zero-order valence-corrected chi connectivity index (χ0v) is 12.5. The SMILES string of the molecule is COc1ccccc1O[C@H](C)CNC(=O)c1cccn1C. The summed E-state index contributed by atoms with van der Waals surface area (Å²) in [6.45, 7) is 2.32. The number of nitrogens with one attached hydrogen (secondary N) is 1. The Hall–Kier alpha value is -2.43. The van der Waals surface area contributed by atoms with Gasteiger partial charge in [-0.15, -0.1) is 0 Å². The minimum atomic E-state index is -0.162. The van der Waals surface area contributed by atoms with Gasteiger partial charge in [0.1, 0.15) is 11.8 Å². The van der Waals surface area contributed by atoms with Crippen LogP contribution in [0.25, 0.3) is 0 Å². The molecule has 0 aliphatic carbocycles. The summed E-state index contributed by atoms with van der Waals surface area (Å²) in [5.74, 6) is 1.23. The monoisotopic (exact) mass is 288 g/mol. The first-order valence-corrected chi connectivity index (χ1v) is 6.81. The molecule has 0 fully saturated rings. The number of carbonyl (C=O) groups is 1. The minimum Gasteiger partial charge on any atom is -0.493 e. The third-order valence-electron chi connectivity index (χ3n) is 3.12. The Kier molecular flexibility index (Phi) is 4.87. The molecule has 2 aromatic rings. The van der Waals surface area contributed by atoms with Gasteiger partial charge in [0.2, 0.25) is 0 Å². The fourth-order valence-corrected chi connectivity index (χ4v) is 2.00. The number of carbonyl (C=O) groups excluding carboxylic acids is 1. The van der Waals surface area contributed by atoms with Crippen molar-refractivity contribution in [2.24, 2.45) is 7.05 Å².